The Morgan fingerprint density at radius 1 is 1.41 bits per heavy atom. The highest BCUT2D eigenvalue weighted by Crippen LogP contribution is 2.41. The average molecular weight is 248 g/mol. The summed E-state index contributed by atoms with van der Waals surface area (Å²) < 4.78 is 43.1. The molecule has 94 valence electrons. The molecule has 0 unspecified atom stereocenters. The molecule has 0 heterocycles. The molecule has 6 heteroatoms. The standard InChI is InChI=1S/C11H11F3O3/c1-3-17-8-5-4-7(16)10(11(12,13)14)9(8)6(2)15/h4-5,16H,3H2,1-2H3. The molecule has 0 aliphatic rings. The van der Waals surface area contributed by atoms with E-state index < -0.39 is 28.8 Å². The molecule has 1 aromatic rings. The second-order valence-electron chi connectivity index (χ2n) is 3.32. The van der Waals surface area contributed by atoms with E-state index in [0.717, 1.165) is 19.1 Å². The summed E-state index contributed by atoms with van der Waals surface area (Å²) >= 11 is 0. The van der Waals surface area contributed by atoms with Gasteiger partial charge < -0.3 is 9.84 Å². The number of benzene rings is 1. The minimum Gasteiger partial charge on any atom is -0.507 e. The molecule has 0 spiro atoms. The number of ketones is 1. The molecule has 0 aromatic heterocycles. The van der Waals surface area contributed by atoms with Crippen molar-refractivity contribution in [3.05, 3.63) is 23.3 Å². The van der Waals surface area contributed by atoms with Crippen LogP contribution in [0.5, 0.6) is 11.5 Å². The molecule has 0 radical (unpaired) electrons. The topological polar surface area (TPSA) is 46.5 Å². The number of alkyl halides is 3. The zero-order chi connectivity index (χ0) is 13.2. The number of phenols is 1. The number of hydrogen-bond donors (Lipinski definition) is 1. The predicted molar refractivity (Wildman–Crippen MR) is 54.3 cm³/mol. The van der Waals surface area contributed by atoms with E-state index in [0.29, 0.717) is 0 Å². The number of carbonyl (C=O) groups is 1. The van der Waals surface area contributed by atoms with Gasteiger partial charge in [0.1, 0.15) is 17.1 Å². The molecule has 17 heavy (non-hydrogen) atoms. The van der Waals surface area contributed by atoms with Gasteiger partial charge in [0.15, 0.2) is 5.78 Å². The summed E-state index contributed by atoms with van der Waals surface area (Å²) in [6.45, 7) is 2.71. The molecule has 0 aliphatic heterocycles. The Bertz CT molecular complexity index is 438. The summed E-state index contributed by atoms with van der Waals surface area (Å²) in [5.41, 5.74) is -1.99. The molecule has 0 saturated heterocycles. The van der Waals surface area contributed by atoms with Crippen molar-refractivity contribution in [3.63, 3.8) is 0 Å². The molecule has 0 aliphatic carbocycles. The third kappa shape index (κ3) is 2.69. The summed E-state index contributed by atoms with van der Waals surface area (Å²) in [4.78, 5) is 11.3. The van der Waals surface area contributed by atoms with Gasteiger partial charge in [-0.15, -0.1) is 0 Å². The molecule has 0 saturated carbocycles. The fourth-order valence-corrected chi connectivity index (χ4v) is 1.48. The number of aromatic hydroxyl groups is 1. The zero-order valence-corrected chi connectivity index (χ0v) is 9.26. The molecule has 3 nitrogen and oxygen atoms in total. The van der Waals surface area contributed by atoms with Gasteiger partial charge in [-0.25, -0.2) is 0 Å². The summed E-state index contributed by atoms with van der Waals surface area (Å²) in [5.74, 6) is -1.96. The largest absolute Gasteiger partial charge is 0.507 e. The van der Waals surface area contributed by atoms with Crippen LogP contribution in [-0.2, 0) is 6.18 Å². The van der Waals surface area contributed by atoms with E-state index in [9.17, 15) is 23.1 Å². The maximum absolute atomic E-state index is 12.7. The lowest BCUT2D eigenvalue weighted by Crippen LogP contribution is -2.14. The monoisotopic (exact) mass is 248 g/mol. The van der Waals surface area contributed by atoms with Gasteiger partial charge in [0.25, 0.3) is 0 Å². The predicted octanol–water partition coefficient (Wildman–Crippen LogP) is 3.01. The van der Waals surface area contributed by atoms with E-state index in [-0.39, 0.29) is 12.4 Å². The first-order valence-electron chi connectivity index (χ1n) is 4.86. The molecular weight excluding hydrogens is 237 g/mol. The highest BCUT2D eigenvalue weighted by molar-refractivity contribution is 5.99. The maximum atomic E-state index is 12.7. The van der Waals surface area contributed by atoms with Gasteiger partial charge in [-0.05, 0) is 26.0 Å². The minimum absolute atomic E-state index is 0.127. The first-order chi connectivity index (χ1) is 7.79. The number of ether oxygens (including phenoxy) is 1. The Hall–Kier alpha value is -1.72. The lowest BCUT2D eigenvalue weighted by Gasteiger charge is -2.16. The summed E-state index contributed by atoms with van der Waals surface area (Å²) in [6.07, 6.45) is -4.81. The van der Waals surface area contributed by atoms with E-state index in [1.165, 1.54) is 0 Å². The third-order valence-electron chi connectivity index (χ3n) is 2.08. The number of halogens is 3. The van der Waals surface area contributed by atoms with Crippen molar-refractivity contribution in [1.82, 2.24) is 0 Å². The highest BCUT2D eigenvalue weighted by atomic mass is 19.4. The van der Waals surface area contributed by atoms with Crippen LogP contribution in [0.2, 0.25) is 0 Å². The fraction of sp³-hybridized carbons (Fsp3) is 0.364. The van der Waals surface area contributed by atoms with Crippen molar-refractivity contribution >= 4 is 5.78 Å². The second-order valence-corrected chi connectivity index (χ2v) is 3.32. The molecule has 1 N–H and O–H groups in total. The Kier molecular flexibility index (Phi) is 3.65. The van der Waals surface area contributed by atoms with Crippen LogP contribution in [0.4, 0.5) is 13.2 Å². The van der Waals surface area contributed by atoms with E-state index in [1.807, 2.05) is 0 Å². The van der Waals surface area contributed by atoms with Crippen LogP contribution < -0.4 is 4.74 Å². The quantitative estimate of drug-likeness (QED) is 0.836. The Balaban J connectivity index is 3.55. The Morgan fingerprint density at radius 3 is 2.41 bits per heavy atom. The Labute approximate surface area is 95.8 Å². The lowest BCUT2D eigenvalue weighted by molar-refractivity contribution is -0.139. The van der Waals surface area contributed by atoms with Crippen molar-refractivity contribution in [1.29, 1.82) is 0 Å². The SMILES string of the molecule is CCOc1ccc(O)c(C(F)(F)F)c1C(C)=O. The van der Waals surface area contributed by atoms with Gasteiger partial charge in [-0.3, -0.25) is 4.79 Å². The van der Waals surface area contributed by atoms with Crippen molar-refractivity contribution in [3.8, 4) is 11.5 Å². The van der Waals surface area contributed by atoms with E-state index in [2.05, 4.69) is 0 Å². The normalized spacial score (nSPS) is 11.4. The highest BCUT2D eigenvalue weighted by Gasteiger charge is 2.39. The first-order valence-corrected chi connectivity index (χ1v) is 4.86. The van der Waals surface area contributed by atoms with Crippen LogP contribution in [0.3, 0.4) is 0 Å². The zero-order valence-electron chi connectivity index (χ0n) is 9.26. The molecule has 0 bridgehead atoms. The van der Waals surface area contributed by atoms with Crippen LogP contribution in [0.1, 0.15) is 29.8 Å². The fourth-order valence-electron chi connectivity index (χ4n) is 1.48. The number of hydrogen-bond acceptors (Lipinski definition) is 3. The lowest BCUT2D eigenvalue weighted by atomic mass is 10.0. The van der Waals surface area contributed by atoms with Crippen LogP contribution in [-0.4, -0.2) is 17.5 Å². The van der Waals surface area contributed by atoms with Gasteiger partial charge in [0.2, 0.25) is 0 Å². The van der Waals surface area contributed by atoms with E-state index >= 15 is 0 Å². The van der Waals surface area contributed by atoms with E-state index in [4.69, 9.17) is 4.74 Å². The van der Waals surface area contributed by atoms with Crippen molar-refractivity contribution < 1.29 is 27.8 Å². The van der Waals surface area contributed by atoms with Crippen molar-refractivity contribution in [2.45, 2.75) is 20.0 Å². The van der Waals surface area contributed by atoms with E-state index in [1.54, 1.807) is 6.92 Å². The first kappa shape index (κ1) is 13.3. The smallest absolute Gasteiger partial charge is 0.420 e. The van der Waals surface area contributed by atoms with Gasteiger partial charge in [-0.1, -0.05) is 0 Å². The third-order valence-corrected chi connectivity index (χ3v) is 2.08. The van der Waals surface area contributed by atoms with Gasteiger partial charge in [0.05, 0.1) is 12.2 Å². The molecule has 0 amide bonds. The number of rotatable bonds is 3. The molecule has 1 aromatic carbocycles. The summed E-state index contributed by atoms with van der Waals surface area (Å²) in [5, 5.41) is 9.24. The van der Waals surface area contributed by atoms with Crippen LogP contribution in [0.25, 0.3) is 0 Å². The molecule has 0 atom stereocenters. The average Bonchev–Trinajstić information content (AvgIpc) is 2.18. The molecule has 0 fully saturated rings. The van der Waals surface area contributed by atoms with Crippen LogP contribution >= 0.6 is 0 Å². The Morgan fingerprint density at radius 2 is 2.00 bits per heavy atom. The second kappa shape index (κ2) is 4.65. The minimum atomic E-state index is -4.81. The summed E-state index contributed by atoms with van der Waals surface area (Å²) in [6, 6.07) is 2.01. The van der Waals surface area contributed by atoms with Gasteiger partial charge >= 0.3 is 6.18 Å². The van der Waals surface area contributed by atoms with Gasteiger partial charge in [0, 0.05) is 0 Å². The maximum Gasteiger partial charge on any atom is 0.420 e. The van der Waals surface area contributed by atoms with Gasteiger partial charge in [-0.2, -0.15) is 13.2 Å². The van der Waals surface area contributed by atoms with Crippen molar-refractivity contribution in [2.75, 3.05) is 6.61 Å². The molecular formula is C11H11F3O3. The molecule has 1 rings (SSSR count). The number of phenolic OH excluding ortho intramolecular Hbond substituents is 1. The number of carbonyl (C=O) groups excluding carboxylic acids is 1. The van der Waals surface area contributed by atoms with Crippen molar-refractivity contribution in [2.24, 2.45) is 0 Å². The number of Topliss-reactive ketones (excluding diaryl/α,β-unsaturated/α-hetero) is 1. The van der Waals surface area contributed by atoms with Crippen LogP contribution in [0.15, 0.2) is 12.1 Å². The van der Waals surface area contributed by atoms with Crippen LogP contribution in [0, 0.1) is 0 Å². The summed E-state index contributed by atoms with van der Waals surface area (Å²) in [7, 11) is 0.